The normalized spacial score (nSPS) is 14.7. The Bertz CT molecular complexity index is 253. The molecule has 1 unspecified atom stereocenters. The molecular weight excluding hydrogens is 316 g/mol. The van der Waals surface area contributed by atoms with Crippen LogP contribution in [0.3, 0.4) is 0 Å². The van der Waals surface area contributed by atoms with E-state index in [1.807, 2.05) is 20.8 Å². The van der Waals surface area contributed by atoms with Gasteiger partial charge in [0.1, 0.15) is 4.75 Å². The van der Waals surface area contributed by atoms with Gasteiger partial charge < -0.3 is 13.3 Å². The minimum absolute atomic E-state index is 0.438. The first-order chi connectivity index (χ1) is 9.72. The maximum atomic E-state index is 5.95. The third-order valence-corrected chi connectivity index (χ3v) is 16.1. The van der Waals surface area contributed by atoms with E-state index in [2.05, 4.69) is 33.9 Å². The molecule has 1 atom stereocenters. The van der Waals surface area contributed by atoms with Gasteiger partial charge in [0.05, 0.1) is 5.75 Å². The highest BCUT2D eigenvalue weighted by molar-refractivity contribution is 8.23. The van der Waals surface area contributed by atoms with Crippen molar-refractivity contribution in [1.29, 1.82) is 0 Å². The predicted molar refractivity (Wildman–Crippen MR) is 101 cm³/mol. The quantitative estimate of drug-likeness (QED) is 0.417. The molecule has 0 aliphatic rings. The van der Waals surface area contributed by atoms with Crippen LogP contribution >= 0.6 is 0 Å². The first-order valence-corrected chi connectivity index (χ1v) is 15.4. The largest absolute Gasteiger partial charge is 0.501 e. The molecule has 0 rings (SSSR count). The van der Waals surface area contributed by atoms with E-state index in [1.54, 1.807) is 0 Å². The Labute approximate surface area is 138 Å². The third-order valence-electron chi connectivity index (χ3n) is 3.30. The van der Waals surface area contributed by atoms with Crippen LogP contribution in [0.2, 0.25) is 19.1 Å². The van der Waals surface area contributed by atoms with Crippen LogP contribution in [-0.4, -0.2) is 47.1 Å². The van der Waals surface area contributed by atoms with Crippen LogP contribution < -0.4 is 0 Å². The van der Waals surface area contributed by atoms with Crippen molar-refractivity contribution in [2.24, 2.45) is 0 Å². The van der Waals surface area contributed by atoms with Gasteiger partial charge in [0.15, 0.2) is 0 Å². The topological polar surface area (TPSA) is 27.7 Å². The van der Waals surface area contributed by atoms with Crippen LogP contribution in [0.4, 0.5) is 0 Å². The lowest BCUT2D eigenvalue weighted by Crippen LogP contribution is -2.47. The Morgan fingerprint density at radius 1 is 0.905 bits per heavy atom. The summed E-state index contributed by atoms with van der Waals surface area (Å²) in [5.41, 5.74) is 0. The summed E-state index contributed by atoms with van der Waals surface area (Å²) in [6.07, 6.45) is 1.16. The molecule has 0 heterocycles. The lowest BCUT2D eigenvalue weighted by atomic mass is 10.3. The molecule has 0 aromatic heterocycles. The van der Waals surface area contributed by atoms with Gasteiger partial charge in [0.2, 0.25) is 0 Å². The van der Waals surface area contributed by atoms with Crippen molar-refractivity contribution >= 4 is 27.1 Å². The maximum absolute atomic E-state index is 5.95. The second kappa shape index (κ2) is 10.4. The minimum atomic E-state index is -2.44. The molecule has 0 radical (unpaired) electrons. The van der Waals surface area contributed by atoms with Crippen molar-refractivity contribution in [3.05, 3.63) is 0 Å². The Kier molecular flexibility index (Phi) is 10.8. The molecule has 6 heteroatoms. The first-order valence-electron chi connectivity index (χ1n) is 8.34. The second-order valence-electron chi connectivity index (χ2n) is 6.38. The summed E-state index contributed by atoms with van der Waals surface area (Å²) in [5, 5.41) is 0. The smallest absolute Gasteiger partial charge is 0.374 e. The zero-order valence-corrected chi connectivity index (χ0v) is 18.4. The second-order valence-corrected chi connectivity index (χ2v) is 18.2. The van der Waals surface area contributed by atoms with Gasteiger partial charge in [-0.3, -0.25) is 0 Å². The van der Waals surface area contributed by atoms with Crippen molar-refractivity contribution in [1.82, 2.24) is 0 Å². The van der Waals surface area contributed by atoms with Crippen LogP contribution in [0.25, 0.3) is 0 Å². The third kappa shape index (κ3) is 8.18. The standard InChI is InChI=1S/C15H37O3SSi2/c1-9-16-21(17-10-2,18-11-3)14-12-13-19(20(7)8)15(4,5)6/h20H,9-14H2,1-8H3/q+1. The summed E-state index contributed by atoms with van der Waals surface area (Å²) in [6.45, 7) is 20.2. The Morgan fingerprint density at radius 3 is 1.62 bits per heavy atom. The van der Waals surface area contributed by atoms with E-state index in [9.17, 15) is 0 Å². The van der Waals surface area contributed by atoms with Gasteiger partial charge in [-0.25, -0.2) is 0 Å². The molecule has 0 N–H and O–H groups in total. The van der Waals surface area contributed by atoms with Crippen molar-refractivity contribution in [3.8, 4) is 0 Å². The SMILES string of the molecule is CCO[Si](CCC[S+]([SiH](C)C)C(C)(C)C)(OCC)OCC. The Hall–Kier alpha value is 0.664. The van der Waals surface area contributed by atoms with Crippen molar-refractivity contribution < 1.29 is 13.3 Å². The summed E-state index contributed by atoms with van der Waals surface area (Å²) in [5.74, 6) is 1.30. The van der Waals surface area contributed by atoms with E-state index < -0.39 is 16.8 Å². The molecule has 0 bridgehead atoms. The summed E-state index contributed by atoms with van der Waals surface area (Å²) < 4.78 is 18.3. The van der Waals surface area contributed by atoms with Gasteiger partial charge in [0, 0.05) is 25.9 Å². The van der Waals surface area contributed by atoms with E-state index in [4.69, 9.17) is 13.3 Å². The lowest BCUT2D eigenvalue weighted by Gasteiger charge is -2.30. The molecule has 21 heavy (non-hydrogen) atoms. The molecule has 0 aliphatic carbocycles. The van der Waals surface area contributed by atoms with Gasteiger partial charge in [-0.15, -0.1) is 0 Å². The molecule has 0 aliphatic heterocycles. The Balaban J connectivity index is 4.66. The molecule has 0 saturated heterocycles. The number of hydrogen-bond acceptors (Lipinski definition) is 3. The molecule has 0 spiro atoms. The van der Waals surface area contributed by atoms with Gasteiger partial charge in [-0.05, 0) is 61.1 Å². The molecular formula is C15H37O3SSi2+. The molecule has 0 aromatic carbocycles. The van der Waals surface area contributed by atoms with Crippen LogP contribution in [0, 0.1) is 0 Å². The number of rotatable bonds is 11. The van der Waals surface area contributed by atoms with E-state index in [0.717, 1.165) is 12.5 Å². The fourth-order valence-corrected chi connectivity index (χ4v) is 14.7. The highest BCUT2D eigenvalue weighted by atomic mass is 32.4. The first kappa shape index (κ1) is 21.7. The van der Waals surface area contributed by atoms with Crippen LogP contribution in [0.1, 0.15) is 48.0 Å². The van der Waals surface area contributed by atoms with Crippen LogP contribution in [-0.2, 0) is 23.6 Å². The molecule has 0 saturated carbocycles. The zero-order chi connectivity index (χ0) is 16.5. The maximum Gasteiger partial charge on any atom is 0.501 e. The molecule has 0 amide bonds. The fourth-order valence-electron chi connectivity index (χ4n) is 2.69. The average molecular weight is 354 g/mol. The summed E-state index contributed by atoms with van der Waals surface area (Å²) in [7, 11) is -2.51. The average Bonchev–Trinajstić information content (AvgIpc) is 2.33. The van der Waals surface area contributed by atoms with E-state index in [1.165, 1.54) is 5.75 Å². The van der Waals surface area contributed by atoms with Crippen molar-refractivity contribution in [3.63, 3.8) is 0 Å². The van der Waals surface area contributed by atoms with E-state index in [-0.39, 0.29) is 0 Å². The number of hydrogen-bond donors (Lipinski definition) is 0. The van der Waals surface area contributed by atoms with E-state index in [0.29, 0.717) is 34.9 Å². The monoisotopic (exact) mass is 353 g/mol. The van der Waals surface area contributed by atoms with Crippen LogP contribution in [0.15, 0.2) is 0 Å². The zero-order valence-electron chi connectivity index (χ0n) is 15.5. The highest BCUT2D eigenvalue weighted by Gasteiger charge is 2.42. The molecule has 128 valence electrons. The van der Waals surface area contributed by atoms with Crippen molar-refractivity contribution in [2.75, 3.05) is 25.6 Å². The van der Waals surface area contributed by atoms with E-state index >= 15 is 0 Å². The van der Waals surface area contributed by atoms with Gasteiger partial charge in [-0.2, -0.15) is 0 Å². The molecule has 0 fully saturated rings. The summed E-state index contributed by atoms with van der Waals surface area (Å²) in [4.78, 5) is 0. The lowest BCUT2D eigenvalue weighted by molar-refractivity contribution is 0.0712. The summed E-state index contributed by atoms with van der Waals surface area (Å²) in [6, 6.07) is 0.962. The minimum Gasteiger partial charge on any atom is -0.374 e. The van der Waals surface area contributed by atoms with Crippen molar-refractivity contribution in [2.45, 2.75) is 71.8 Å². The highest BCUT2D eigenvalue weighted by Crippen LogP contribution is 2.26. The predicted octanol–water partition coefficient (Wildman–Crippen LogP) is 3.83. The Morgan fingerprint density at radius 2 is 1.33 bits per heavy atom. The van der Waals surface area contributed by atoms with Crippen LogP contribution in [0.5, 0.6) is 0 Å². The fraction of sp³-hybridized carbons (Fsp3) is 1.00. The van der Waals surface area contributed by atoms with Gasteiger partial charge >= 0.3 is 8.80 Å². The van der Waals surface area contributed by atoms with Gasteiger partial charge in [-0.1, -0.05) is 10.3 Å². The molecule has 0 aromatic rings. The van der Waals surface area contributed by atoms with Gasteiger partial charge in [0.25, 0.3) is 7.95 Å². The molecule has 3 nitrogen and oxygen atoms in total. The summed E-state index contributed by atoms with van der Waals surface area (Å²) >= 11 is 0.